The maximum Gasteiger partial charge on any atom is 0.277 e. The molecule has 28 heavy (non-hydrogen) atoms. The van der Waals surface area contributed by atoms with Gasteiger partial charge in [0, 0.05) is 34.4 Å². The lowest BCUT2D eigenvalue weighted by atomic mass is 10.1. The highest BCUT2D eigenvalue weighted by molar-refractivity contribution is 7.15. The van der Waals surface area contributed by atoms with E-state index in [-0.39, 0.29) is 11.1 Å². The molecule has 4 rings (SSSR count). The molecular formula is C22H23N3O2S. The Hall–Kier alpha value is -2.73. The maximum atomic E-state index is 13.0. The van der Waals surface area contributed by atoms with Crippen LogP contribution in [0.1, 0.15) is 41.9 Å². The van der Waals surface area contributed by atoms with Crippen LogP contribution in [0.25, 0.3) is 21.9 Å². The SMILES string of the molecule is CCc1c(C)nc2s/c(=C\c3c(C)n(CC)c4c(C)cccc34)c(=O)n2c1=O. The van der Waals surface area contributed by atoms with Gasteiger partial charge in [0.2, 0.25) is 4.96 Å². The molecule has 5 nitrogen and oxygen atoms in total. The van der Waals surface area contributed by atoms with E-state index >= 15 is 0 Å². The van der Waals surface area contributed by atoms with E-state index < -0.39 is 0 Å². The molecule has 0 saturated heterocycles. The normalized spacial score (nSPS) is 12.5. The zero-order valence-corrected chi connectivity index (χ0v) is 17.6. The molecule has 6 heteroatoms. The van der Waals surface area contributed by atoms with Crippen molar-refractivity contribution in [3.8, 4) is 0 Å². The summed E-state index contributed by atoms with van der Waals surface area (Å²) < 4.78 is 4.04. The highest BCUT2D eigenvalue weighted by Gasteiger charge is 2.16. The molecule has 144 valence electrons. The smallest absolute Gasteiger partial charge is 0.277 e. The molecule has 0 atom stereocenters. The summed E-state index contributed by atoms with van der Waals surface area (Å²) in [6, 6.07) is 6.24. The molecule has 0 saturated carbocycles. The third-order valence-electron chi connectivity index (χ3n) is 5.51. The third kappa shape index (κ3) is 2.55. The molecule has 0 radical (unpaired) electrons. The Morgan fingerprint density at radius 3 is 2.54 bits per heavy atom. The summed E-state index contributed by atoms with van der Waals surface area (Å²) in [4.78, 5) is 30.7. The number of aromatic nitrogens is 3. The van der Waals surface area contributed by atoms with Crippen LogP contribution in [0.5, 0.6) is 0 Å². The number of aryl methyl sites for hydroxylation is 3. The number of nitrogens with zero attached hydrogens (tertiary/aromatic N) is 3. The standard InChI is InChI=1S/C22H23N3O2S/c1-6-15-13(4)23-22-25(20(15)26)21(27)18(28-22)11-17-14(5)24(7-2)19-12(3)9-8-10-16(17)19/h8-11H,6-7H2,1-5H3/b18-11-. The fraction of sp³-hybridized carbons (Fsp3) is 0.318. The fourth-order valence-corrected chi connectivity index (χ4v) is 5.08. The van der Waals surface area contributed by atoms with E-state index in [1.165, 1.54) is 26.8 Å². The Kier molecular flexibility index (Phi) is 4.46. The molecule has 0 unspecified atom stereocenters. The Balaban J connectivity index is 2.11. The van der Waals surface area contributed by atoms with Crippen molar-refractivity contribution in [3.05, 3.63) is 71.5 Å². The lowest BCUT2D eigenvalue weighted by Crippen LogP contribution is -2.33. The van der Waals surface area contributed by atoms with Gasteiger partial charge < -0.3 is 4.57 Å². The highest BCUT2D eigenvalue weighted by atomic mass is 32.1. The van der Waals surface area contributed by atoms with Crippen molar-refractivity contribution in [1.82, 2.24) is 14.0 Å². The lowest BCUT2D eigenvalue weighted by molar-refractivity contribution is 0.767. The predicted molar refractivity (Wildman–Crippen MR) is 116 cm³/mol. The molecule has 0 bridgehead atoms. The number of hydrogen-bond donors (Lipinski definition) is 0. The van der Waals surface area contributed by atoms with E-state index in [2.05, 4.69) is 42.5 Å². The third-order valence-corrected chi connectivity index (χ3v) is 6.47. The van der Waals surface area contributed by atoms with Crippen LogP contribution in [0.3, 0.4) is 0 Å². The first kappa shape index (κ1) is 18.6. The molecule has 3 aromatic heterocycles. The number of thiazole rings is 1. The topological polar surface area (TPSA) is 56.4 Å². The van der Waals surface area contributed by atoms with E-state index in [1.54, 1.807) is 0 Å². The van der Waals surface area contributed by atoms with E-state index in [0.29, 0.717) is 27.2 Å². The second-order valence-electron chi connectivity index (χ2n) is 7.08. The average Bonchev–Trinajstić information content (AvgIpc) is 3.11. The summed E-state index contributed by atoms with van der Waals surface area (Å²) >= 11 is 1.28. The second-order valence-corrected chi connectivity index (χ2v) is 8.09. The summed E-state index contributed by atoms with van der Waals surface area (Å²) in [6.45, 7) is 10.9. The van der Waals surface area contributed by atoms with Gasteiger partial charge in [0.25, 0.3) is 11.1 Å². The van der Waals surface area contributed by atoms with Gasteiger partial charge in [-0.2, -0.15) is 0 Å². The summed E-state index contributed by atoms with van der Waals surface area (Å²) in [5.41, 5.74) is 5.34. The molecule has 0 aliphatic carbocycles. The number of fused-ring (bicyclic) bond motifs is 2. The first-order chi connectivity index (χ1) is 13.4. The van der Waals surface area contributed by atoms with Gasteiger partial charge in [0.1, 0.15) is 0 Å². The molecule has 0 aliphatic heterocycles. The summed E-state index contributed by atoms with van der Waals surface area (Å²) in [5.74, 6) is 0. The molecular weight excluding hydrogens is 370 g/mol. The van der Waals surface area contributed by atoms with Crippen LogP contribution in [0.15, 0.2) is 27.8 Å². The second kappa shape index (κ2) is 6.71. The van der Waals surface area contributed by atoms with Gasteiger partial charge in [-0.25, -0.2) is 9.38 Å². The van der Waals surface area contributed by atoms with Crippen LogP contribution in [-0.2, 0) is 13.0 Å². The number of para-hydroxylation sites is 1. The first-order valence-electron chi connectivity index (χ1n) is 9.54. The monoisotopic (exact) mass is 393 g/mol. The average molecular weight is 394 g/mol. The first-order valence-corrected chi connectivity index (χ1v) is 10.4. The van der Waals surface area contributed by atoms with Crippen molar-refractivity contribution in [2.75, 3.05) is 0 Å². The highest BCUT2D eigenvalue weighted by Crippen LogP contribution is 2.29. The summed E-state index contributed by atoms with van der Waals surface area (Å²) in [5, 5.41) is 1.13. The molecule has 3 heterocycles. The molecule has 0 amide bonds. The van der Waals surface area contributed by atoms with Crippen molar-refractivity contribution in [2.24, 2.45) is 0 Å². The molecule has 1 aromatic carbocycles. The predicted octanol–water partition coefficient (Wildman–Crippen LogP) is 3.13. The van der Waals surface area contributed by atoms with Crippen LogP contribution >= 0.6 is 11.3 Å². The fourth-order valence-electron chi connectivity index (χ4n) is 4.09. The molecule has 0 spiro atoms. The molecule has 0 N–H and O–H groups in total. The minimum absolute atomic E-state index is 0.241. The Labute approximate surface area is 166 Å². The van der Waals surface area contributed by atoms with Crippen LogP contribution in [-0.4, -0.2) is 14.0 Å². The van der Waals surface area contributed by atoms with Crippen molar-refractivity contribution in [1.29, 1.82) is 0 Å². The van der Waals surface area contributed by atoms with Gasteiger partial charge >= 0.3 is 0 Å². The largest absolute Gasteiger partial charge is 0.344 e. The number of benzene rings is 1. The summed E-state index contributed by atoms with van der Waals surface area (Å²) in [7, 11) is 0. The van der Waals surface area contributed by atoms with Crippen LogP contribution in [0.4, 0.5) is 0 Å². The van der Waals surface area contributed by atoms with Crippen molar-refractivity contribution in [3.63, 3.8) is 0 Å². The maximum absolute atomic E-state index is 13.0. The van der Waals surface area contributed by atoms with E-state index in [4.69, 9.17) is 0 Å². The zero-order valence-electron chi connectivity index (χ0n) is 16.8. The van der Waals surface area contributed by atoms with Gasteiger partial charge in [-0.15, -0.1) is 0 Å². The van der Waals surface area contributed by atoms with Gasteiger partial charge in [-0.1, -0.05) is 36.5 Å². The lowest BCUT2D eigenvalue weighted by Gasteiger charge is -2.05. The minimum atomic E-state index is -0.281. The van der Waals surface area contributed by atoms with Crippen molar-refractivity contribution < 1.29 is 0 Å². The Morgan fingerprint density at radius 1 is 1.11 bits per heavy atom. The van der Waals surface area contributed by atoms with Gasteiger partial charge in [0.05, 0.1) is 10.0 Å². The van der Waals surface area contributed by atoms with E-state index in [9.17, 15) is 9.59 Å². The quantitative estimate of drug-likeness (QED) is 0.537. The van der Waals surface area contributed by atoms with Gasteiger partial charge in [-0.05, 0) is 45.8 Å². The molecule has 0 fully saturated rings. The van der Waals surface area contributed by atoms with Gasteiger partial charge in [0.15, 0.2) is 0 Å². The zero-order chi connectivity index (χ0) is 20.2. The molecule has 0 aliphatic rings. The van der Waals surface area contributed by atoms with Crippen LogP contribution in [0, 0.1) is 20.8 Å². The van der Waals surface area contributed by atoms with E-state index in [0.717, 1.165) is 23.2 Å². The van der Waals surface area contributed by atoms with Gasteiger partial charge in [-0.3, -0.25) is 9.59 Å². The molecule has 4 aromatic rings. The Morgan fingerprint density at radius 2 is 1.86 bits per heavy atom. The van der Waals surface area contributed by atoms with Crippen molar-refractivity contribution in [2.45, 2.75) is 47.6 Å². The Bertz CT molecular complexity index is 1410. The number of hydrogen-bond acceptors (Lipinski definition) is 4. The minimum Gasteiger partial charge on any atom is -0.344 e. The summed E-state index contributed by atoms with van der Waals surface area (Å²) in [6.07, 6.45) is 2.49. The van der Waals surface area contributed by atoms with Crippen LogP contribution in [0.2, 0.25) is 0 Å². The van der Waals surface area contributed by atoms with Crippen molar-refractivity contribution >= 4 is 33.3 Å². The van der Waals surface area contributed by atoms with E-state index in [1.807, 2.05) is 26.0 Å². The number of rotatable bonds is 3. The van der Waals surface area contributed by atoms with Crippen LogP contribution < -0.4 is 15.7 Å².